The normalized spacial score (nSPS) is 10.7. The zero-order valence-electron chi connectivity index (χ0n) is 10.5. The molecule has 0 unspecified atom stereocenters. The fourth-order valence-corrected chi connectivity index (χ4v) is 2.48. The molecule has 0 aliphatic rings. The smallest absolute Gasteiger partial charge is 0.258 e. The number of aromatic nitrogens is 1. The van der Waals surface area contributed by atoms with Gasteiger partial charge in [0, 0.05) is 22.6 Å². The Bertz CT molecular complexity index is 649. The first-order valence-electron chi connectivity index (χ1n) is 5.57. The summed E-state index contributed by atoms with van der Waals surface area (Å²) in [6, 6.07) is 3.52. The summed E-state index contributed by atoms with van der Waals surface area (Å²) in [5, 5.41) is 1.44. The van der Waals surface area contributed by atoms with Crippen LogP contribution in [0.4, 0.5) is 0 Å². The van der Waals surface area contributed by atoms with Gasteiger partial charge in [-0.2, -0.15) is 0 Å². The summed E-state index contributed by atoms with van der Waals surface area (Å²) < 4.78 is 13.0. The maximum Gasteiger partial charge on any atom is 0.258 e. The zero-order valence-corrected chi connectivity index (χ0v) is 12.1. The maximum atomic E-state index is 12.2. The molecule has 0 radical (unpaired) electrons. The van der Waals surface area contributed by atoms with Gasteiger partial charge >= 0.3 is 0 Å². The molecule has 0 saturated carbocycles. The monoisotopic (exact) mass is 311 g/mol. The summed E-state index contributed by atoms with van der Waals surface area (Å²) in [6.07, 6.45) is 1.79. The molecule has 5 heteroatoms. The standard InChI is InChI=1S/C13H14BrNO3/c1-4-15-7-10(14)8-5-11(17-2)12(18-3)6-9(8)13(15)16/h5-7H,4H2,1-3H3. The fourth-order valence-electron chi connectivity index (χ4n) is 1.91. The van der Waals surface area contributed by atoms with Crippen molar-refractivity contribution in [1.29, 1.82) is 0 Å². The van der Waals surface area contributed by atoms with E-state index in [1.807, 2.05) is 6.92 Å². The van der Waals surface area contributed by atoms with E-state index in [0.717, 1.165) is 9.86 Å². The van der Waals surface area contributed by atoms with E-state index in [2.05, 4.69) is 15.9 Å². The predicted octanol–water partition coefficient (Wildman–Crippen LogP) is 2.80. The van der Waals surface area contributed by atoms with Crippen LogP contribution in [0.2, 0.25) is 0 Å². The Morgan fingerprint density at radius 3 is 2.22 bits per heavy atom. The van der Waals surface area contributed by atoms with Gasteiger partial charge in [0.1, 0.15) is 0 Å². The Balaban J connectivity index is 2.88. The van der Waals surface area contributed by atoms with Crippen LogP contribution in [0, 0.1) is 0 Å². The molecule has 1 aromatic carbocycles. The van der Waals surface area contributed by atoms with Gasteiger partial charge in [-0.15, -0.1) is 0 Å². The van der Waals surface area contributed by atoms with Crippen LogP contribution < -0.4 is 15.0 Å². The molecule has 0 amide bonds. The van der Waals surface area contributed by atoms with Crippen molar-refractivity contribution >= 4 is 26.7 Å². The summed E-state index contributed by atoms with van der Waals surface area (Å²) in [7, 11) is 3.13. The van der Waals surface area contributed by atoms with E-state index in [9.17, 15) is 4.79 Å². The molecule has 18 heavy (non-hydrogen) atoms. The van der Waals surface area contributed by atoms with Gasteiger partial charge in [-0.1, -0.05) is 0 Å². The molecule has 0 aliphatic carbocycles. The number of methoxy groups -OCH3 is 2. The average Bonchev–Trinajstić information content (AvgIpc) is 2.41. The van der Waals surface area contributed by atoms with Gasteiger partial charge in [0.15, 0.2) is 11.5 Å². The summed E-state index contributed by atoms with van der Waals surface area (Å²) in [4.78, 5) is 12.2. The van der Waals surface area contributed by atoms with E-state index in [1.54, 1.807) is 37.1 Å². The highest BCUT2D eigenvalue weighted by atomic mass is 79.9. The third kappa shape index (κ3) is 1.99. The average molecular weight is 312 g/mol. The molecule has 0 bridgehead atoms. The summed E-state index contributed by atoms with van der Waals surface area (Å²) in [5.41, 5.74) is -0.0309. The highest BCUT2D eigenvalue weighted by Gasteiger charge is 2.12. The van der Waals surface area contributed by atoms with Crippen molar-refractivity contribution in [2.45, 2.75) is 13.5 Å². The lowest BCUT2D eigenvalue weighted by molar-refractivity contribution is 0.356. The van der Waals surface area contributed by atoms with Gasteiger partial charge in [0.25, 0.3) is 5.56 Å². The highest BCUT2D eigenvalue weighted by Crippen LogP contribution is 2.33. The Hall–Kier alpha value is -1.49. The lowest BCUT2D eigenvalue weighted by Gasteiger charge is -2.11. The number of benzene rings is 1. The number of fused-ring (bicyclic) bond motifs is 1. The summed E-state index contributed by atoms with van der Waals surface area (Å²) >= 11 is 3.48. The number of pyridine rings is 1. The van der Waals surface area contributed by atoms with Gasteiger partial charge in [0.05, 0.1) is 19.6 Å². The number of ether oxygens (including phenoxy) is 2. The van der Waals surface area contributed by atoms with Crippen LogP contribution >= 0.6 is 15.9 Å². The lowest BCUT2D eigenvalue weighted by atomic mass is 10.1. The van der Waals surface area contributed by atoms with Gasteiger partial charge in [-0.25, -0.2) is 0 Å². The number of hydrogen-bond donors (Lipinski definition) is 0. The van der Waals surface area contributed by atoms with E-state index in [0.29, 0.717) is 23.4 Å². The second-order valence-corrected chi connectivity index (χ2v) is 4.68. The topological polar surface area (TPSA) is 40.5 Å². The molecule has 0 spiro atoms. The van der Waals surface area contributed by atoms with Crippen LogP contribution in [0.5, 0.6) is 11.5 Å². The van der Waals surface area contributed by atoms with E-state index in [-0.39, 0.29) is 5.56 Å². The van der Waals surface area contributed by atoms with Crippen LogP contribution in [0.3, 0.4) is 0 Å². The van der Waals surface area contributed by atoms with E-state index >= 15 is 0 Å². The number of nitrogens with zero attached hydrogens (tertiary/aromatic N) is 1. The van der Waals surface area contributed by atoms with E-state index < -0.39 is 0 Å². The first kappa shape index (κ1) is 13.0. The number of aryl methyl sites for hydroxylation is 1. The van der Waals surface area contributed by atoms with Gasteiger partial charge in [-0.05, 0) is 35.0 Å². The third-order valence-corrected chi connectivity index (χ3v) is 3.51. The van der Waals surface area contributed by atoms with Crippen molar-refractivity contribution in [2.75, 3.05) is 14.2 Å². The first-order chi connectivity index (χ1) is 8.62. The molecule has 2 aromatic rings. The molecule has 0 aliphatic heterocycles. The Morgan fingerprint density at radius 1 is 1.17 bits per heavy atom. The molecule has 0 saturated heterocycles. The molecule has 0 fully saturated rings. The molecule has 4 nitrogen and oxygen atoms in total. The fraction of sp³-hybridized carbons (Fsp3) is 0.308. The van der Waals surface area contributed by atoms with E-state index in [1.165, 1.54) is 0 Å². The SMILES string of the molecule is CCn1cc(Br)c2cc(OC)c(OC)cc2c1=O. The van der Waals surface area contributed by atoms with Crippen molar-refractivity contribution < 1.29 is 9.47 Å². The van der Waals surface area contributed by atoms with Crippen molar-refractivity contribution in [3.8, 4) is 11.5 Å². The van der Waals surface area contributed by atoms with Crippen LogP contribution in [-0.4, -0.2) is 18.8 Å². The van der Waals surface area contributed by atoms with Gasteiger partial charge < -0.3 is 14.0 Å². The zero-order chi connectivity index (χ0) is 13.3. The molecule has 2 rings (SSSR count). The molecule has 1 heterocycles. The first-order valence-corrected chi connectivity index (χ1v) is 6.36. The number of rotatable bonds is 3. The van der Waals surface area contributed by atoms with Crippen molar-refractivity contribution in [3.05, 3.63) is 33.2 Å². The van der Waals surface area contributed by atoms with Gasteiger partial charge in [0.2, 0.25) is 0 Å². The van der Waals surface area contributed by atoms with E-state index in [4.69, 9.17) is 9.47 Å². The van der Waals surface area contributed by atoms with Crippen molar-refractivity contribution in [2.24, 2.45) is 0 Å². The summed E-state index contributed by atoms with van der Waals surface area (Å²) in [6.45, 7) is 2.56. The quantitative estimate of drug-likeness (QED) is 0.875. The molecular formula is C13H14BrNO3. The van der Waals surface area contributed by atoms with Crippen LogP contribution in [-0.2, 0) is 6.54 Å². The molecule has 0 N–H and O–H groups in total. The van der Waals surface area contributed by atoms with Crippen LogP contribution in [0.25, 0.3) is 10.8 Å². The minimum atomic E-state index is -0.0309. The second kappa shape index (κ2) is 5.02. The molecule has 0 atom stereocenters. The summed E-state index contributed by atoms with van der Waals surface area (Å²) in [5.74, 6) is 1.17. The molecule has 96 valence electrons. The Labute approximate surface area is 113 Å². The van der Waals surface area contributed by atoms with Gasteiger partial charge in [-0.3, -0.25) is 4.79 Å². The number of halogens is 1. The Morgan fingerprint density at radius 2 is 1.72 bits per heavy atom. The highest BCUT2D eigenvalue weighted by molar-refractivity contribution is 9.10. The third-order valence-electron chi connectivity index (χ3n) is 2.88. The second-order valence-electron chi connectivity index (χ2n) is 3.82. The molecular weight excluding hydrogens is 298 g/mol. The Kier molecular flexibility index (Phi) is 3.61. The van der Waals surface area contributed by atoms with Crippen LogP contribution in [0.15, 0.2) is 27.6 Å². The minimum absolute atomic E-state index is 0.0309. The molecule has 1 aromatic heterocycles. The minimum Gasteiger partial charge on any atom is -0.493 e. The van der Waals surface area contributed by atoms with Crippen molar-refractivity contribution in [1.82, 2.24) is 4.57 Å². The van der Waals surface area contributed by atoms with Crippen molar-refractivity contribution in [3.63, 3.8) is 0 Å². The maximum absolute atomic E-state index is 12.2. The largest absolute Gasteiger partial charge is 0.493 e. The van der Waals surface area contributed by atoms with Crippen LogP contribution in [0.1, 0.15) is 6.92 Å². The lowest BCUT2D eigenvalue weighted by Crippen LogP contribution is -2.18. The number of hydrogen-bond acceptors (Lipinski definition) is 3. The predicted molar refractivity (Wildman–Crippen MR) is 74.7 cm³/mol.